The van der Waals surface area contributed by atoms with Crippen LogP contribution in [0.25, 0.3) is 0 Å². The van der Waals surface area contributed by atoms with Crippen LogP contribution >= 0.6 is 0 Å². The standard InChI is InChI=1S/C25H28FN3O2/c1-2-28(16-19-11-13-27-14-12-19)24(30)15-22-21-5-3-4-6-23(21)29(25(22)31)17-18-7-9-20(26)10-8-18/h7-14,23H,2-6,15-17H2,1H3. The first kappa shape index (κ1) is 21.2. The van der Waals surface area contributed by atoms with Crippen LogP contribution in [0.5, 0.6) is 0 Å². The third kappa shape index (κ3) is 4.68. The number of halogens is 1. The highest BCUT2D eigenvalue weighted by molar-refractivity contribution is 6.02. The summed E-state index contributed by atoms with van der Waals surface area (Å²) >= 11 is 0. The van der Waals surface area contributed by atoms with E-state index < -0.39 is 0 Å². The number of fused-ring (bicyclic) bond motifs is 1. The second-order valence-corrected chi connectivity index (χ2v) is 8.27. The van der Waals surface area contributed by atoms with Crippen LogP contribution < -0.4 is 0 Å². The summed E-state index contributed by atoms with van der Waals surface area (Å²) < 4.78 is 13.3. The topological polar surface area (TPSA) is 53.5 Å². The molecule has 0 bridgehead atoms. The summed E-state index contributed by atoms with van der Waals surface area (Å²) in [5, 5.41) is 0. The van der Waals surface area contributed by atoms with E-state index in [1.807, 2.05) is 24.0 Å². The lowest BCUT2D eigenvalue weighted by atomic mass is 9.88. The molecule has 2 heterocycles. The Labute approximate surface area is 182 Å². The highest BCUT2D eigenvalue weighted by Gasteiger charge is 2.40. The first-order valence-electron chi connectivity index (χ1n) is 11.0. The Bertz CT molecular complexity index is 972. The fraction of sp³-hybridized carbons (Fsp3) is 0.400. The molecular formula is C25H28FN3O2. The number of aromatic nitrogens is 1. The van der Waals surface area contributed by atoms with Crippen LogP contribution in [0.3, 0.4) is 0 Å². The van der Waals surface area contributed by atoms with Crippen LogP contribution in [0, 0.1) is 5.82 Å². The molecule has 1 aromatic carbocycles. The van der Waals surface area contributed by atoms with Gasteiger partial charge in [0, 0.05) is 37.6 Å². The van der Waals surface area contributed by atoms with Crippen molar-refractivity contribution in [3.8, 4) is 0 Å². The smallest absolute Gasteiger partial charge is 0.251 e. The minimum atomic E-state index is -0.284. The highest BCUT2D eigenvalue weighted by Crippen LogP contribution is 2.39. The van der Waals surface area contributed by atoms with Gasteiger partial charge in [-0.2, -0.15) is 0 Å². The van der Waals surface area contributed by atoms with Gasteiger partial charge in [-0.05, 0) is 67.2 Å². The number of hydrogen-bond acceptors (Lipinski definition) is 3. The molecule has 0 spiro atoms. The van der Waals surface area contributed by atoms with Crippen molar-refractivity contribution in [3.63, 3.8) is 0 Å². The van der Waals surface area contributed by atoms with Gasteiger partial charge in [-0.15, -0.1) is 0 Å². The molecule has 31 heavy (non-hydrogen) atoms. The van der Waals surface area contributed by atoms with E-state index in [0.717, 1.165) is 42.4 Å². The Kier molecular flexibility index (Phi) is 6.44. The maximum atomic E-state index is 13.4. The highest BCUT2D eigenvalue weighted by atomic mass is 19.1. The second kappa shape index (κ2) is 9.41. The number of rotatable bonds is 7. The van der Waals surface area contributed by atoms with Crippen LogP contribution in [0.15, 0.2) is 59.9 Å². The molecule has 2 aliphatic rings. The molecule has 1 aromatic heterocycles. The van der Waals surface area contributed by atoms with E-state index in [4.69, 9.17) is 0 Å². The summed E-state index contributed by atoms with van der Waals surface area (Å²) in [5.41, 5.74) is 3.73. The summed E-state index contributed by atoms with van der Waals surface area (Å²) in [6.45, 7) is 3.50. The summed E-state index contributed by atoms with van der Waals surface area (Å²) in [7, 11) is 0. The molecule has 1 saturated carbocycles. The van der Waals surface area contributed by atoms with Crippen LogP contribution in [0.1, 0.15) is 50.2 Å². The average molecular weight is 422 g/mol. The largest absolute Gasteiger partial charge is 0.338 e. The lowest BCUT2D eigenvalue weighted by Crippen LogP contribution is -2.36. The SMILES string of the molecule is CCN(Cc1ccncc1)C(=O)CC1=C2CCCCC2N(Cc2ccc(F)cc2)C1=O. The average Bonchev–Trinajstić information content (AvgIpc) is 3.05. The molecule has 6 heteroatoms. The molecule has 1 unspecified atom stereocenters. The summed E-state index contributed by atoms with van der Waals surface area (Å²) in [6.07, 6.45) is 7.51. The zero-order valence-electron chi connectivity index (χ0n) is 17.9. The van der Waals surface area contributed by atoms with E-state index in [2.05, 4.69) is 4.98 Å². The normalized spacial score (nSPS) is 18.3. The Balaban J connectivity index is 1.51. The molecule has 0 N–H and O–H groups in total. The maximum absolute atomic E-state index is 13.4. The third-order valence-corrected chi connectivity index (χ3v) is 6.31. The molecule has 2 amide bonds. The van der Waals surface area contributed by atoms with E-state index in [1.165, 1.54) is 12.1 Å². The number of benzene rings is 1. The molecule has 0 saturated heterocycles. The Morgan fingerprint density at radius 2 is 1.87 bits per heavy atom. The van der Waals surface area contributed by atoms with Crippen LogP contribution in [0.2, 0.25) is 0 Å². The van der Waals surface area contributed by atoms with Crippen LogP contribution in [-0.2, 0) is 22.7 Å². The number of carbonyl (C=O) groups excluding carboxylic acids is 2. The van der Waals surface area contributed by atoms with Gasteiger partial charge in [0.2, 0.25) is 5.91 Å². The number of hydrogen-bond donors (Lipinski definition) is 0. The number of amides is 2. The number of nitrogens with zero attached hydrogens (tertiary/aromatic N) is 3. The number of carbonyl (C=O) groups is 2. The van der Waals surface area contributed by atoms with Crippen molar-refractivity contribution in [1.82, 2.24) is 14.8 Å². The summed E-state index contributed by atoms with van der Waals surface area (Å²) in [5.74, 6) is -0.351. The molecule has 1 aliphatic carbocycles. The molecule has 4 rings (SSSR count). The van der Waals surface area contributed by atoms with Crippen molar-refractivity contribution in [3.05, 3.63) is 76.9 Å². The molecular weight excluding hydrogens is 393 g/mol. The van der Waals surface area contributed by atoms with E-state index in [9.17, 15) is 14.0 Å². The van der Waals surface area contributed by atoms with Crippen molar-refractivity contribution in [2.45, 2.75) is 58.2 Å². The monoisotopic (exact) mass is 421 g/mol. The van der Waals surface area contributed by atoms with Gasteiger partial charge in [-0.25, -0.2) is 4.39 Å². The van der Waals surface area contributed by atoms with Gasteiger partial charge in [0.1, 0.15) is 5.82 Å². The van der Waals surface area contributed by atoms with Crippen molar-refractivity contribution >= 4 is 11.8 Å². The predicted octanol–water partition coefficient (Wildman–Crippen LogP) is 4.24. The quantitative estimate of drug-likeness (QED) is 0.672. The van der Waals surface area contributed by atoms with Crippen molar-refractivity contribution in [1.29, 1.82) is 0 Å². The lowest BCUT2D eigenvalue weighted by Gasteiger charge is -2.30. The zero-order chi connectivity index (χ0) is 21.8. The van der Waals surface area contributed by atoms with Gasteiger partial charge >= 0.3 is 0 Å². The molecule has 1 fully saturated rings. The first-order chi connectivity index (χ1) is 15.1. The Morgan fingerprint density at radius 1 is 1.13 bits per heavy atom. The maximum Gasteiger partial charge on any atom is 0.251 e. The molecule has 0 radical (unpaired) electrons. The molecule has 5 nitrogen and oxygen atoms in total. The van der Waals surface area contributed by atoms with Crippen molar-refractivity contribution in [2.24, 2.45) is 0 Å². The molecule has 1 atom stereocenters. The molecule has 1 aliphatic heterocycles. The van der Waals surface area contributed by atoms with Crippen molar-refractivity contribution < 1.29 is 14.0 Å². The minimum absolute atomic E-state index is 0.0249. The Hall–Kier alpha value is -3.02. The molecule has 162 valence electrons. The van der Waals surface area contributed by atoms with E-state index >= 15 is 0 Å². The summed E-state index contributed by atoms with van der Waals surface area (Å²) in [6, 6.07) is 10.2. The van der Waals surface area contributed by atoms with E-state index in [0.29, 0.717) is 25.2 Å². The molecule has 2 aromatic rings. The van der Waals surface area contributed by atoms with Crippen molar-refractivity contribution in [2.75, 3.05) is 6.54 Å². The lowest BCUT2D eigenvalue weighted by molar-refractivity contribution is -0.133. The third-order valence-electron chi connectivity index (χ3n) is 6.31. The zero-order valence-corrected chi connectivity index (χ0v) is 17.9. The van der Waals surface area contributed by atoms with Gasteiger partial charge in [0.15, 0.2) is 0 Å². The fourth-order valence-corrected chi connectivity index (χ4v) is 4.65. The Morgan fingerprint density at radius 3 is 2.58 bits per heavy atom. The summed E-state index contributed by atoms with van der Waals surface area (Å²) in [4.78, 5) is 34.2. The van der Waals surface area contributed by atoms with Crippen LogP contribution in [-0.4, -0.2) is 39.2 Å². The second-order valence-electron chi connectivity index (χ2n) is 8.27. The van der Waals surface area contributed by atoms with Gasteiger partial charge < -0.3 is 9.80 Å². The van der Waals surface area contributed by atoms with Gasteiger partial charge in [0.05, 0.1) is 12.5 Å². The first-order valence-corrected chi connectivity index (χ1v) is 11.0. The van der Waals surface area contributed by atoms with Crippen LogP contribution in [0.4, 0.5) is 4.39 Å². The fourth-order valence-electron chi connectivity index (χ4n) is 4.65. The van der Waals surface area contributed by atoms with E-state index in [1.54, 1.807) is 29.4 Å². The van der Waals surface area contributed by atoms with Gasteiger partial charge in [-0.3, -0.25) is 14.6 Å². The minimum Gasteiger partial charge on any atom is -0.338 e. The van der Waals surface area contributed by atoms with Gasteiger partial charge in [-0.1, -0.05) is 18.6 Å². The van der Waals surface area contributed by atoms with Gasteiger partial charge in [0.25, 0.3) is 5.91 Å². The number of pyridine rings is 1. The van der Waals surface area contributed by atoms with E-state index in [-0.39, 0.29) is 30.1 Å². The predicted molar refractivity (Wildman–Crippen MR) is 116 cm³/mol.